The molecule has 0 saturated heterocycles. The maximum Gasteiger partial charge on any atom is 0.143 e. The SMILES string of the molecule is CN(C)CCNc1ncnc2[nH]c3cnccc3c12. The fraction of sp³-hybridized carbons (Fsp3) is 0.308. The zero-order valence-electron chi connectivity index (χ0n) is 11.0. The third-order valence-corrected chi connectivity index (χ3v) is 3.04. The first-order valence-electron chi connectivity index (χ1n) is 6.20. The number of H-pyrrole nitrogens is 1. The lowest BCUT2D eigenvalue weighted by molar-refractivity contribution is 0.425. The van der Waals surface area contributed by atoms with E-state index in [1.54, 1.807) is 18.7 Å². The van der Waals surface area contributed by atoms with Crippen molar-refractivity contribution in [2.24, 2.45) is 0 Å². The molecule has 0 fully saturated rings. The molecule has 0 aliphatic heterocycles. The van der Waals surface area contributed by atoms with E-state index in [9.17, 15) is 0 Å². The molecule has 0 radical (unpaired) electrons. The van der Waals surface area contributed by atoms with E-state index in [1.807, 2.05) is 6.07 Å². The third-order valence-electron chi connectivity index (χ3n) is 3.04. The molecular weight excluding hydrogens is 240 g/mol. The summed E-state index contributed by atoms with van der Waals surface area (Å²) in [5, 5.41) is 5.49. The Morgan fingerprint density at radius 1 is 1.32 bits per heavy atom. The third kappa shape index (κ3) is 2.22. The van der Waals surface area contributed by atoms with Crippen LogP contribution in [-0.2, 0) is 0 Å². The minimum Gasteiger partial charge on any atom is -0.368 e. The van der Waals surface area contributed by atoms with Crippen LogP contribution in [0.25, 0.3) is 21.9 Å². The number of fused-ring (bicyclic) bond motifs is 3. The van der Waals surface area contributed by atoms with E-state index in [-0.39, 0.29) is 0 Å². The Morgan fingerprint density at radius 3 is 3.05 bits per heavy atom. The van der Waals surface area contributed by atoms with Crippen LogP contribution in [0.5, 0.6) is 0 Å². The van der Waals surface area contributed by atoms with Gasteiger partial charge in [0.05, 0.1) is 17.1 Å². The maximum absolute atomic E-state index is 4.34. The highest BCUT2D eigenvalue weighted by molar-refractivity contribution is 6.10. The number of anilines is 1. The number of hydrogen-bond donors (Lipinski definition) is 2. The molecule has 2 N–H and O–H groups in total. The van der Waals surface area contributed by atoms with Gasteiger partial charge in [-0.25, -0.2) is 9.97 Å². The van der Waals surface area contributed by atoms with Crippen molar-refractivity contribution in [2.45, 2.75) is 0 Å². The fourth-order valence-corrected chi connectivity index (χ4v) is 2.11. The molecular formula is C13H16N6. The zero-order chi connectivity index (χ0) is 13.2. The lowest BCUT2D eigenvalue weighted by Gasteiger charge is -2.11. The van der Waals surface area contributed by atoms with Crippen LogP contribution in [0.4, 0.5) is 5.82 Å². The van der Waals surface area contributed by atoms with Crippen LogP contribution in [0.2, 0.25) is 0 Å². The molecule has 3 rings (SSSR count). The number of nitrogens with one attached hydrogen (secondary N) is 2. The number of likely N-dealkylation sites (N-methyl/N-ethyl adjacent to an activating group) is 1. The van der Waals surface area contributed by atoms with E-state index in [1.165, 1.54) is 0 Å². The first-order chi connectivity index (χ1) is 9.25. The molecule has 3 aromatic heterocycles. The van der Waals surface area contributed by atoms with Gasteiger partial charge in [-0.1, -0.05) is 0 Å². The number of aromatic nitrogens is 4. The smallest absolute Gasteiger partial charge is 0.143 e. The van der Waals surface area contributed by atoms with Crippen LogP contribution in [0, 0.1) is 0 Å². The average molecular weight is 256 g/mol. The van der Waals surface area contributed by atoms with Gasteiger partial charge in [-0.05, 0) is 20.2 Å². The number of hydrogen-bond acceptors (Lipinski definition) is 5. The molecule has 0 atom stereocenters. The van der Waals surface area contributed by atoms with E-state index >= 15 is 0 Å². The second-order valence-corrected chi connectivity index (χ2v) is 4.72. The summed E-state index contributed by atoms with van der Waals surface area (Å²) in [5.41, 5.74) is 1.82. The molecule has 0 aliphatic rings. The van der Waals surface area contributed by atoms with Gasteiger partial charge in [0.25, 0.3) is 0 Å². The number of aromatic amines is 1. The van der Waals surface area contributed by atoms with Gasteiger partial charge >= 0.3 is 0 Å². The highest BCUT2D eigenvalue weighted by Crippen LogP contribution is 2.27. The maximum atomic E-state index is 4.34. The van der Waals surface area contributed by atoms with Crippen LogP contribution >= 0.6 is 0 Å². The topological polar surface area (TPSA) is 69.7 Å². The Kier molecular flexibility index (Phi) is 3.00. The molecule has 6 heteroatoms. The van der Waals surface area contributed by atoms with Crippen molar-refractivity contribution in [3.05, 3.63) is 24.8 Å². The molecule has 0 saturated carbocycles. The molecule has 3 aromatic rings. The minimum absolute atomic E-state index is 0.838. The van der Waals surface area contributed by atoms with Crippen molar-refractivity contribution in [2.75, 3.05) is 32.5 Å². The Balaban J connectivity index is 2.03. The molecule has 0 aromatic carbocycles. The monoisotopic (exact) mass is 256 g/mol. The Labute approximate surface area is 110 Å². The van der Waals surface area contributed by atoms with Gasteiger partial charge in [-0.15, -0.1) is 0 Å². The Hall–Kier alpha value is -2.21. The predicted molar refractivity (Wildman–Crippen MR) is 76.2 cm³/mol. The van der Waals surface area contributed by atoms with Crippen molar-refractivity contribution in [1.29, 1.82) is 0 Å². The summed E-state index contributed by atoms with van der Waals surface area (Å²) in [6.07, 6.45) is 5.16. The van der Waals surface area contributed by atoms with E-state index in [0.717, 1.165) is 40.8 Å². The average Bonchev–Trinajstić information content (AvgIpc) is 2.77. The molecule has 6 nitrogen and oxygen atoms in total. The Bertz CT molecular complexity index is 702. The lowest BCUT2D eigenvalue weighted by Crippen LogP contribution is -2.21. The van der Waals surface area contributed by atoms with Gasteiger partial charge in [0.1, 0.15) is 17.8 Å². The van der Waals surface area contributed by atoms with E-state index in [2.05, 4.69) is 44.2 Å². The lowest BCUT2D eigenvalue weighted by atomic mass is 10.2. The summed E-state index contributed by atoms with van der Waals surface area (Å²) < 4.78 is 0. The van der Waals surface area contributed by atoms with Crippen molar-refractivity contribution in [3.63, 3.8) is 0 Å². The summed E-state index contributed by atoms with van der Waals surface area (Å²) in [7, 11) is 4.10. The van der Waals surface area contributed by atoms with E-state index in [0.29, 0.717) is 0 Å². The first-order valence-corrected chi connectivity index (χ1v) is 6.20. The Morgan fingerprint density at radius 2 is 2.21 bits per heavy atom. The molecule has 19 heavy (non-hydrogen) atoms. The summed E-state index contributed by atoms with van der Waals surface area (Å²) in [6.45, 7) is 1.80. The molecule has 0 spiro atoms. The van der Waals surface area contributed by atoms with E-state index in [4.69, 9.17) is 0 Å². The predicted octanol–water partition coefficient (Wildman–Crippen LogP) is 1.48. The molecule has 0 unspecified atom stereocenters. The van der Waals surface area contributed by atoms with Crippen molar-refractivity contribution in [3.8, 4) is 0 Å². The molecule has 3 heterocycles. The quantitative estimate of drug-likeness (QED) is 0.740. The highest BCUT2D eigenvalue weighted by Gasteiger charge is 2.10. The van der Waals surface area contributed by atoms with Gasteiger partial charge in [0.15, 0.2) is 0 Å². The number of nitrogens with zero attached hydrogens (tertiary/aromatic N) is 4. The van der Waals surface area contributed by atoms with Crippen molar-refractivity contribution in [1.82, 2.24) is 24.8 Å². The fourth-order valence-electron chi connectivity index (χ4n) is 2.11. The van der Waals surface area contributed by atoms with Crippen molar-refractivity contribution >= 4 is 27.8 Å². The van der Waals surface area contributed by atoms with Gasteiger partial charge in [-0.2, -0.15) is 0 Å². The molecule has 0 aliphatic carbocycles. The summed E-state index contributed by atoms with van der Waals surface area (Å²) in [6, 6.07) is 1.98. The van der Waals surface area contributed by atoms with Gasteiger partial charge < -0.3 is 15.2 Å². The summed E-state index contributed by atoms with van der Waals surface area (Å²) in [4.78, 5) is 18.1. The minimum atomic E-state index is 0.838. The van der Waals surface area contributed by atoms with Crippen LogP contribution in [-0.4, -0.2) is 52.0 Å². The zero-order valence-corrected chi connectivity index (χ0v) is 11.0. The van der Waals surface area contributed by atoms with Crippen LogP contribution < -0.4 is 5.32 Å². The van der Waals surface area contributed by atoms with E-state index < -0.39 is 0 Å². The standard InChI is InChI=1S/C13H16N6/c1-19(2)6-5-15-12-11-9-3-4-14-7-10(9)18-13(11)17-8-16-12/h3-4,7-8H,5-6H2,1-2H3,(H2,15,16,17,18). The largest absolute Gasteiger partial charge is 0.368 e. The van der Waals surface area contributed by atoms with Crippen LogP contribution in [0.15, 0.2) is 24.8 Å². The van der Waals surface area contributed by atoms with Crippen LogP contribution in [0.3, 0.4) is 0 Å². The van der Waals surface area contributed by atoms with Gasteiger partial charge in [0.2, 0.25) is 0 Å². The van der Waals surface area contributed by atoms with Crippen molar-refractivity contribution < 1.29 is 0 Å². The normalized spacial score (nSPS) is 11.5. The highest BCUT2D eigenvalue weighted by atomic mass is 15.1. The second kappa shape index (κ2) is 4.81. The molecule has 0 bridgehead atoms. The second-order valence-electron chi connectivity index (χ2n) is 4.72. The molecule has 98 valence electrons. The van der Waals surface area contributed by atoms with Crippen LogP contribution in [0.1, 0.15) is 0 Å². The first kappa shape index (κ1) is 11.9. The number of rotatable bonds is 4. The van der Waals surface area contributed by atoms with Gasteiger partial charge in [0, 0.05) is 24.7 Å². The van der Waals surface area contributed by atoms with Gasteiger partial charge in [-0.3, -0.25) is 4.98 Å². The summed E-state index contributed by atoms with van der Waals surface area (Å²) >= 11 is 0. The number of pyridine rings is 1. The molecule has 0 amide bonds. The summed E-state index contributed by atoms with van der Waals surface area (Å²) in [5.74, 6) is 0.865.